The highest BCUT2D eigenvalue weighted by Crippen LogP contribution is 2.30. The largest absolute Gasteiger partial charge is 0.495 e. The summed E-state index contributed by atoms with van der Waals surface area (Å²) in [6.45, 7) is 1.10. The molecule has 0 spiro atoms. The molecule has 0 aromatic carbocycles. The van der Waals surface area contributed by atoms with Crippen LogP contribution in [0.15, 0.2) is 43.0 Å². The van der Waals surface area contributed by atoms with Crippen molar-refractivity contribution < 1.29 is 22.6 Å². The number of halogens is 3. The van der Waals surface area contributed by atoms with E-state index >= 15 is 0 Å². The molecule has 1 aliphatic rings. The third-order valence-electron chi connectivity index (χ3n) is 5.32. The van der Waals surface area contributed by atoms with Crippen LogP contribution < -0.4 is 9.64 Å². The molecule has 176 valence electrons. The highest BCUT2D eigenvalue weighted by atomic mass is 19.4. The fourth-order valence-electron chi connectivity index (χ4n) is 3.71. The third-order valence-corrected chi connectivity index (χ3v) is 5.32. The Morgan fingerprint density at radius 3 is 2.62 bits per heavy atom. The van der Waals surface area contributed by atoms with Gasteiger partial charge in [0, 0.05) is 42.8 Å². The highest BCUT2D eigenvalue weighted by molar-refractivity contribution is 5.90. The fourth-order valence-corrected chi connectivity index (χ4v) is 3.71. The van der Waals surface area contributed by atoms with E-state index in [4.69, 9.17) is 9.47 Å². The molecule has 0 amide bonds. The second kappa shape index (κ2) is 8.86. The van der Waals surface area contributed by atoms with Gasteiger partial charge in [-0.1, -0.05) is 0 Å². The molecule has 0 bridgehead atoms. The topological polar surface area (TPSA) is 91.1 Å². The van der Waals surface area contributed by atoms with Gasteiger partial charge in [0.1, 0.15) is 23.5 Å². The van der Waals surface area contributed by atoms with Gasteiger partial charge in [-0.15, -0.1) is 0 Å². The first-order chi connectivity index (χ1) is 16.4. The molecule has 4 aromatic heterocycles. The maximum atomic E-state index is 12.8. The van der Waals surface area contributed by atoms with E-state index in [1.165, 1.54) is 12.3 Å². The molecular formula is C22H20F3N7O2. The highest BCUT2D eigenvalue weighted by Gasteiger charge is 2.29. The lowest BCUT2D eigenvalue weighted by Crippen LogP contribution is -2.37. The quantitative estimate of drug-likeness (QED) is 0.438. The Kier molecular flexibility index (Phi) is 5.74. The van der Waals surface area contributed by atoms with E-state index < -0.39 is 12.7 Å². The minimum atomic E-state index is -4.38. The molecule has 12 heteroatoms. The van der Waals surface area contributed by atoms with E-state index in [-0.39, 0.29) is 11.5 Å². The van der Waals surface area contributed by atoms with Crippen LogP contribution in [0, 0.1) is 0 Å². The standard InChI is InChI=1S/C22H20F3N7O2/c1-33-16-8-14(10-26-12-16)15-9-18-19(27-11-15)21(31-4-6-34-7-5-31)29-20(28-18)17-2-3-32(30-17)13-22(23,24)25/h2-3,8-12H,4-7,13H2,1H3. The van der Waals surface area contributed by atoms with Crippen molar-refractivity contribution in [2.75, 3.05) is 38.3 Å². The molecule has 0 aliphatic carbocycles. The second-order valence-corrected chi connectivity index (χ2v) is 7.69. The number of nitrogens with zero attached hydrogens (tertiary/aromatic N) is 7. The number of hydrogen-bond donors (Lipinski definition) is 0. The maximum Gasteiger partial charge on any atom is 0.408 e. The average Bonchev–Trinajstić information content (AvgIpc) is 3.30. The number of rotatable bonds is 5. The van der Waals surface area contributed by atoms with Gasteiger partial charge in [-0.3, -0.25) is 14.6 Å². The summed E-state index contributed by atoms with van der Waals surface area (Å²) in [5.41, 5.74) is 2.92. The van der Waals surface area contributed by atoms with Crippen LogP contribution in [0.4, 0.5) is 19.0 Å². The van der Waals surface area contributed by atoms with Gasteiger partial charge in [-0.05, 0) is 18.2 Å². The van der Waals surface area contributed by atoms with Crippen LogP contribution in [0.2, 0.25) is 0 Å². The summed E-state index contributed by atoms with van der Waals surface area (Å²) in [7, 11) is 1.56. The summed E-state index contributed by atoms with van der Waals surface area (Å²) < 4.78 is 49.9. The van der Waals surface area contributed by atoms with Crippen LogP contribution in [-0.4, -0.2) is 69.3 Å². The predicted octanol–water partition coefficient (Wildman–Crippen LogP) is 3.36. The summed E-state index contributed by atoms with van der Waals surface area (Å²) in [6, 6.07) is 5.15. The molecule has 0 radical (unpaired) electrons. The zero-order valence-corrected chi connectivity index (χ0v) is 18.2. The zero-order chi connectivity index (χ0) is 23.7. The van der Waals surface area contributed by atoms with Gasteiger partial charge in [0.15, 0.2) is 11.6 Å². The minimum absolute atomic E-state index is 0.220. The molecule has 4 aromatic rings. The summed E-state index contributed by atoms with van der Waals surface area (Å²) in [6.07, 6.45) is 1.89. The molecule has 5 heterocycles. The van der Waals surface area contributed by atoms with Crippen molar-refractivity contribution in [1.82, 2.24) is 29.7 Å². The Labute approximate surface area is 192 Å². The SMILES string of the molecule is COc1cncc(-c2cnc3c(N4CCOCC4)nc(-c4ccn(CC(F)(F)F)n4)nc3c2)c1. The van der Waals surface area contributed by atoms with Crippen LogP contribution >= 0.6 is 0 Å². The number of methoxy groups -OCH3 is 1. The fraction of sp³-hybridized carbons (Fsp3) is 0.318. The first-order valence-corrected chi connectivity index (χ1v) is 10.5. The number of aromatic nitrogens is 6. The number of morpholine rings is 1. The van der Waals surface area contributed by atoms with Crippen LogP contribution in [0.3, 0.4) is 0 Å². The Bertz CT molecular complexity index is 1320. The summed E-state index contributed by atoms with van der Waals surface area (Å²) in [5, 5.41) is 4.04. The van der Waals surface area contributed by atoms with Gasteiger partial charge in [0.25, 0.3) is 0 Å². The molecule has 0 N–H and O–H groups in total. The number of hydrogen-bond acceptors (Lipinski definition) is 8. The van der Waals surface area contributed by atoms with Gasteiger partial charge >= 0.3 is 6.18 Å². The normalized spacial score (nSPS) is 14.5. The van der Waals surface area contributed by atoms with E-state index in [1.54, 1.807) is 25.7 Å². The lowest BCUT2D eigenvalue weighted by molar-refractivity contribution is -0.142. The first-order valence-electron chi connectivity index (χ1n) is 10.5. The van der Waals surface area contributed by atoms with Crippen molar-refractivity contribution >= 4 is 16.9 Å². The molecule has 34 heavy (non-hydrogen) atoms. The van der Waals surface area contributed by atoms with Gasteiger partial charge in [-0.2, -0.15) is 18.3 Å². The predicted molar refractivity (Wildman–Crippen MR) is 117 cm³/mol. The number of ether oxygens (including phenoxy) is 2. The lowest BCUT2D eigenvalue weighted by atomic mass is 10.1. The van der Waals surface area contributed by atoms with Crippen molar-refractivity contribution in [3.8, 4) is 28.4 Å². The summed E-state index contributed by atoms with van der Waals surface area (Å²) in [4.78, 5) is 20.1. The molecule has 5 rings (SSSR count). The Balaban J connectivity index is 1.62. The van der Waals surface area contributed by atoms with Crippen molar-refractivity contribution in [2.45, 2.75) is 12.7 Å². The molecule has 1 saturated heterocycles. The van der Waals surface area contributed by atoms with Crippen molar-refractivity contribution in [3.05, 3.63) is 43.0 Å². The smallest absolute Gasteiger partial charge is 0.408 e. The third kappa shape index (κ3) is 4.62. The van der Waals surface area contributed by atoms with Gasteiger partial charge in [0.2, 0.25) is 0 Å². The lowest BCUT2D eigenvalue weighted by Gasteiger charge is -2.28. The molecule has 0 unspecified atom stereocenters. The van der Waals surface area contributed by atoms with E-state index in [0.29, 0.717) is 48.9 Å². The average molecular weight is 471 g/mol. The van der Waals surface area contributed by atoms with Gasteiger partial charge in [0.05, 0.1) is 32.0 Å². The van der Waals surface area contributed by atoms with Crippen molar-refractivity contribution in [2.24, 2.45) is 0 Å². The molecular weight excluding hydrogens is 451 g/mol. The van der Waals surface area contributed by atoms with E-state index in [1.807, 2.05) is 17.0 Å². The summed E-state index contributed by atoms with van der Waals surface area (Å²) in [5.74, 6) is 1.41. The van der Waals surface area contributed by atoms with Crippen LogP contribution in [-0.2, 0) is 11.3 Å². The maximum absolute atomic E-state index is 12.8. The molecule has 0 saturated carbocycles. The molecule has 1 fully saturated rings. The first kappa shape index (κ1) is 22.0. The van der Waals surface area contributed by atoms with Crippen molar-refractivity contribution in [3.63, 3.8) is 0 Å². The zero-order valence-electron chi connectivity index (χ0n) is 18.2. The van der Waals surface area contributed by atoms with Crippen LogP contribution in [0.25, 0.3) is 33.7 Å². The Morgan fingerprint density at radius 2 is 1.85 bits per heavy atom. The molecule has 0 atom stereocenters. The molecule has 1 aliphatic heterocycles. The monoisotopic (exact) mass is 471 g/mol. The minimum Gasteiger partial charge on any atom is -0.495 e. The van der Waals surface area contributed by atoms with Crippen LogP contribution in [0.5, 0.6) is 5.75 Å². The van der Waals surface area contributed by atoms with Gasteiger partial charge in [-0.25, -0.2) is 9.97 Å². The summed E-state index contributed by atoms with van der Waals surface area (Å²) >= 11 is 0. The van der Waals surface area contributed by atoms with Gasteiger partial charge < -0.3 is 14.4 Å². The van der Waals surface area contributed by atoms with E-state index in [9.17, 15) is 13.2 Å². The Hall–Kier alpha value is -3.80. The van der Waals surface area contributed by atoms with E-state index in [0.717, 1.165) is 15.8 Å². The van der Waals surface area contributed by atoms with E-state index in [2.05, 4.69) is 25.0 Å². The Morgan fingerprint density at radius 1 is 1.06 bits per heavy atom. The second-order valence-electron chi connectivity index (χ2n) is 7.69. The van der Waals surface area contributed by atoms with Crippen molar-refractivity contribution in [1.29, 1.82) is 0 Å². The van der Waals surface area contributed by atoms with Crippen LogP contribution in [0.1, 0.15) is 0 Å². The molecule has 9 nitrogen and oxygen atoms in total. The number of pyridine rings is 2. The number of anilines is 1. The number of alkyl halides is 3. The number of fused-ring (bicyclic) bond motifs is 1.